The lowest BCUT2D eigenvalue weighted by molar-refractivity contribution is 0.0603. The van der Waals surface area contributed by atoms with Crippen molar-refractivity contribution < 1.29 is 14.3 Å². The fourth-order valence-corrected chi connectivity index (χ4v) is 5.61. The van der Waals surface area contributed by atoms with E-state index in [1.54, 1.807) is 6.20 Å². The maximum Gasteiger partial charge on any atom is 0.279 e. The summed E-state index contributed by atoms with van der Waals surface area (Å²) < 4.78 is 13.0. The quantitative estimate of drug-likeness (QED) is 0.443. The number of ether oxygens (including phenoxy) is 2. The zero-order valence-electron chi connectivity index (χ0n) is 18.0. The molecule has 2 unspecified atom stereocenters. The summed E-state index contributed by atoms with van der Waals surface area (Å²) in [5.41, 5.74) is 1.62. The molecule has 1 amide bonds. The number of para-hydroxylation sites is 1. The van der Waals surface area contributed by atoms with E-state index in [1.807, 2.05) is 65.6 Å². The van der Waals surface area contributed by atoms with Crippen LogP contribution in [0.5, 0.6) is 16.7 Å². The van der Waals surface area contributed by atoms with Crippen LogP contribution in [0.25, 0.3) is 10.2 Å². The first-order valence-electron chi connectivity index (χ1n) is 11.2. The molecule has 2 aromatic heterocycles. The van der Waals surface area contributed by atoms with Crippen LogP contribution in [0.4, 0.5) is 0 Å². The summed E-state index contributed by atoms with van der Waals surface area (Å²) >= 11 is 1.53. The molecule has 2 aliphatic heterocycles. The molecule has 4 heterocycles. The van der Waals surface area contributed by atoms with Gasteiger partial charge in [0.2, 0.25) is 0 Å². The van der Waals surface area contributed by atoms with Crippen molar-refractivity contribution in [3.8, 4) is 16.7 Å². The van der Waals surface area contributed by atoms with Gasteiger partial charge in [-0.25, -0.2) is 4.98 Å². The molecule has 2 aromatic carbocycles. The molecule has 33 heavy (non-hydrogen) atoms. The van der Waals surface area contributed by atoms with Crippen LogP contribution in [0, 0.1) is 0 Å². The van der Waals surface area contributed by atoms with Gasteiger partial charge >= 0.3 is 0 Å². The number of nitrogens with one attached hydrogen (secondary N) is 1. The van der Waals surface area contributed by atoms with E-state index >= 15 is 0 Å². The molecular formula is C25H24N4O3S. The summed E-state index contributed by atoms with van der Waals surface area (Å²) in [5.74, 6) is 1.67. The molecule has 2 bridgehead atoms. The number of nitrogens with zero attached hydrogens (tertiary/aromatic N) is 3. The molecule has 2 fully saturated rings. The fourth-order valence-electron chi connectivity index (χ4n) is 4.77. The average Bonchev–Trinajstić information content (AvgIpc) is 3.63. The lowest BCUT2D eigenvalue weighted by atomic mass is 10.2. The number of hydrogen-bond donors (Lipinski definition) is 1. The Balaban J connectivity index is 0.982. The first kappa shape index (κ1) is 20.3. The largest absolute Gasteiger partial charge is 0.492 e. The van der Waals surface area contributed by atoms with E-state index in [9.17, 15) is 4.79 Å². The summed E-state index contributed by atoms with van der Waals surface area (Å²) in [6, 6.07) is 20.1. The van der Waals surface area contributed by atoms with Gasteiger partial charge < -0.3 is 19.4 Å². The Labute approximate surface area is 195 Å². The van der Waals surface area contributed by atoms with Crippen molar-refractivity contribution in [1.29, 1.82) is 0 Å². The number of likely N-dealkylation sites (tertiary alicyclic amines) is 2. The smallest absolute Gasteiger partial charge is 0.279 e. The number of rotatable bonds is 7. The van der Waals surface area contributed by atoms with Gasteiger partial charge in [0.15, 0.2) is 0 Å². The number of carbonyl (C=O) groups is 1. The molecular weight excluding hydrogens is 436 g/mol. The molecule has 2 atom stereocenters. The van der Waals surface area contributed by atoms with Crippen molar-refractivity contribution in [3.05, 3.63) is 72.6 Å². The lowest BCUT2D eigenvalue weighted by Gasteiger charge is -2.33. The number of benzene rings is 2. The summed E-state index contributed by atoms with van der Waals surface area (Å²) in [7, 11) is 0. The summed E-state index contributed by atoms with van der Waals surface area (Å²) in [6.45, 7) is 3.18. The number of hydrogen-bond acceptors (Lipinski definition) is 6. The Bertz CT molecular complexity index is 1220. The van der Waals surface area contributed by atoms with Crippen molar-refractivity contribution >= 4 is 27.5 Å². The van der Waals surface area contributed by atoms with Gasteiger partial charge in [0.25, 0.3) is 11.1 Å². The van der Waals surface area contributed by atoms with E-state index in [0.717, 1.165) is 47.8 Å². The third-order valence-corrected chi connectivity index (χ3v) is 7.31. The molecule has 7 nitrogen and oxygen atoms in total. The first-order valence-corrected chi connectivity index (χ1v) is 12.0. The highest BCUT2D eigenvalue weighted by molar-refractivity contribution is 7.20. The van der Waals surface area contributed by atoms with Crippen molar-refractivity contribution in [2.75, 3.05) is 26.2 Å². The third kappa shape index (κ3) is 4.07. The summed E-state index contributed by atoms with van der Waals surface area (Å²) in [4.78, 5) is 24.6. The first-order chi connectivity index (χ1) is 16.2. The maximum absolute atomic E-state index is 12.6. The fraction of sp³-hybridized carbons (Fsp3) is 0.280. The van der Waals surface area contributed by atoms with Gasteiger partial charge in [-0.2, -0.15) is 0 Å². The predicted octanol–water partition coefficient (Wildman–Crippen LogP) is 4.39. The molecule has 2 saturated heterocycles. The zero-order chi connectivity index (χ0) is 22.2. The third-order valence-electron chi connectivity index (χ3n) is 6.39. The Hall–Kier alpha value is -3.36. The van der Waals surface area contributed by atoms with Crippen molar-refractivity contribution in [2.45, 2.75) is 18.5 Å². The van der Waals surface area contributed by atoms with Crippen molar-refractivity contribution in [1.82, 2.24) is 19.8 Å². The molecule has 168 valence electrons. The minimum Gasteiger partial charge on any atom is -0.492 e. The Morgan fingerprint density at radius 2 is 1.88 bits per heavy atom. The van der Waals surface area contributed by atoms with Crippen molar-refractivity contribution in [3.63, 3.8) is 0 Å². The summed E-state index contributed by atoms with van der Waals surface area (Å²) in [6.07, 6.45) is 2.84. The number of thiazole rings is 1. The second-order valence-corrected chi connectivity index (χ2v) is 9.44. The minimum atomic E-state index is 0.108. The molecule has 0 spiro atoms. The number of aromatic nitrogens is 2. The number of aromatic amines is 1. The van der Waals surface area contributed by atoms with Crippen molar-refractivity contribution in [2.24, 2.45) is 0 Å². The van der Waals surface area contributed by atoms with Crippen LogP contribution in [0.15, 0.2) is 66.9 Å². The van der Waals surface area contributed by atoms with Gasteiger partial charge in [0, 0.05) is 37.9 Å². The van der Waals surface area contributed by atoms with Gasteiger partial charge in [-0.15, -0.1) is 0 Å². The van der Waals surface area contributed by atoms with Gasteiger partial charge in [-0.05, 0) is 55.0 Å². The molecule has 4 aromatic rings. The second-order valence-electron chi connectivity index (χ2n) is 8.45. The molecule has 8 heteroatoms. The Morgan fingerprint density at radius 1 is 1.03 bits per heavy atom. The normalized spacial score (nSPS) is 19.9. The van der Waals surface area contributed by atoms with Crippen LogP contribution in [-0.2, 0) is 0 Å². The van der Waals surface area contributed by atoms with E-state index in [1.165, 1.54) is 11.3 Å². The number of fused-ring (bicyclic) bond motifs is 3. The van der Waals surface area contributed by atoms with E-state index in [-0.39, 0.29) is 5.91 Å². The van der Waals surface area contributed by atoms with E-state index in [2.05, 4.69) is 14.9 Å². The number of piperazine rings is 1. The molecule has 2 aliphatic rings. The average molecular weight is 461 g/mol. The second kappa shape index (κ2) is 8.53. The number of H-pyrrole nitrogens is 1. The monoisotopic (exact) mass is 460 g/mol. The Kier molecular flexibility index (Phi) is 5.24. The molecule has 0 aliphatic carbocycles. The zero-order valence-corrected chi connectivity index (χ0v) is 18.8. The van der Waals surface area contributed by atoms with Gasteiger partial charge in [0.05, 0.1) is 10.2 Å². The van der Waals surface area contributed by atoms with Crippen LogP contribution < -0.4 is 9.47 Å². The number of amides is 1. The predicted molar refractivity (Wildman–Crippen MR) is 127 cm³/mol. The van der Waals surface area contributed by atoms with Crippen LogP contribution in [0.3, 0.4) is 0 Å². The van der Waals surface area contributed by atoms with E-state index in [4.69, 9.17) is 9.47 Å². The van der Waals surface area contributed by atoms with Crippen LogP contribution >= 0.6 is 11.3 Å². The SMILES string of the molecule is O=C(c1ccc[nH]1)N1CC2CC1CN2CCOc1ccc(Oc2nc3ccccc3s2)cc1. The number of carbonyl (C=O) groups excluding carboxylic acids is 1. The molecule has 6 rings (SSSR count). The minimum absolute atomic E-state index is 0.108. The highest BCUT2D eigenvalue weighted by atomic mass is 32.1. The van der Waals surface area contributed by atoms with E-state index in [0.29, 0.717) is 29.6 Å². The van der Waals surface area contributed by atoms with Crippen LogP contribution in [0.1, 0.15) is 16.9 Å². The topological polar surface area (TPSA) is 70.7 Å². The van der Waals surface area contributed by atoms with Gasteiger partial charge in [-0.1, -0.05) is 23.5 Å². The van der Waals surface area contributed by atoms with Gasteiger partial charge in [0.1, 0.15) is 23.8 Å². The highest BCUT2D eigenvalue weighted by Crippen LogP contribution is 2.33. The molecule has 0 radical (unpaired) electrons. The van der Waals surface area contributed by atoms with Gasteiger partial charge in [-0.3, -0.25) is 9.69 Å². The molecule has 0 saturated carbocycles. The highest BCUT2D eigenvalue weighted by Gasteiger charge is 2.45. The van der Waals surface area contributed by atoms with E-state index < -0.39 is 0 Å². The lowest BCUT2D eigenvalue weighted by Crippen LogP contribution is -2.49. The van der Waals surface area contributed by atoms with Crippen LogP contribution in [-0.4, -0.2) is 64.0 Å². The van der Waals surface area contributed by atoms with Crippen LogP contribution in [0.2, 0.25) is 0 Å². The standard InChI is InChI=1S/C25H24N4O3S/c30-24(22-5-3-11-26-22)29-16-17-14-18(29)15-28(17)12-13-31-19-7-9-20(10-8-19)32-25-27-21-4-1-2-6-23(21)33-25/h1-11,17-18,26H,12-16H2. The maximum atomic E-state index is 12.6. The molecule has 1 N–H and O–H groups in total. The Morgan fingerprint density at radius 3 is 2.64 bits per heavy atom. The summed E-state index contributed by atoms with van der Waals surface area (Å²) in [5, 5.41) is 0.637.